The number of nitrogens with zero attached hydrogens (tertiary/aromatic N) is 3. The SMILES string of the molecule is Cc1cc(C)c(S(=O)(=O)N2CCCN(C(=O)CN3CCc4sccc4[C@H]3c3cccc(F)c3)CC2)c(C)c1. The lowest BCUT2D eigenvalue weighted by Gasteiger charge is -2.37. The molecular formula is C29H34FN3O3S2. The molecule has 2 aliphatic rings. The number of carbonyl (C=O) groups excluding carboxylic acids is 1. The van der Waals surface area contributed by atoms with Crippen LogP contribution < -0.4 is 0 Å². The molecule has 202 valence electrons. The van der Waals surface area contributed by atoms with Crippen molar-refractivity contribution in [3.05, 3.63) is 86.4 Å². The van der Waals surface area contributed by atoms with Crippen LogP contribution >= 0.6 is 11.3 Å². The Balaban J connectivity index is 1.31. The first-order valence-corrected chi connectivity index (χ1v) is 15.4. The molecule has 0 saturated carbocycles. The molecule has 0 aliphatic carbocycles. The van der Waals surface area contributed by atoms with Crippen LogP contribution in [0.5, 0.6) is 0 Å². The molecule has 0 N–H and O–H groups in total. The number of rotatable bonds is 5. The van der Waals surface area contributed by atoms with E-state index in [9.17, 15) is 17.6 Å². The largest absolute Gasteiger partial charge is 0.340 e. The van der Waals surface area contributed by atoms with Crippen molar-refractivity contribution in [2.24, 2.45) is 0 Å². The topological polar surface area (TPSA) is 60.9 Å². The third kappa shape index (κ3) is 5.30. The first-order chi connectivity index (χ1) is 18.1. The van der Waals surface area contributed by atoms with Gasteiger partial charge in [0.1, 0.15) is 5.82 Å². The second-order valence-corrected chi connectivity index (χ2v) is 13.2. The minimum atomic E-state index is -3.67. The summed E-state index contributed by atoms with van der Waals surface area (Å²) < 4.78 is 42.8. The number of halogens is 1. The van der Waals surface area contributed by atoms with Gasteiger partial charge in [-0.15, -0.1) is 11.3 Å². The smallest absolute Gasteiger partial charge is 0.243 e. The summed E-state index contributed by atoms with van der Waals surface area (Å²) in [4.78, 5) is 19.1. The Hall–Kier alpha value is -2.59. The van der Waals surface area contributed by atoms with Gasteiger partial charge in [-0.2, -0.15) is 4.31 Å². The summed E-state index contributed by atoms with van der Waals surface area (Å²) in [5.74, 6) is -0.309. The number of carbonyl (C=O) groups is 1. The zero-order valence-corrected chi connectivity index (χ0v) is 23.7. The van der Waals surface area contributed by atoms with Crippen molar-refractivity contribution >= 4 is 27.3 Å². The minimum Gasteiger partial charge on any atom is -0.340 e. The van der Waals surface area contributed by atoms with Crippen LogP contribution in [-0.4, -0.2) is 67.7 Å². The van der Waals surface area contributed by atoms with Gasteiger partial charge in [0, 0.05) is 37.6 Å². The van der Waals surface area contributed by atoms with Gasteiger partial charge in [-0.1, -0.05) is 29.8 Å². The molecule has 2 aromatic carbocycles. The Morgan fingerprint density at radius 1 is 1.00 bits per heavy atom. The van der Waals surface area contributed by atoms with Crippen molar-refractivity contribution in [3.8, 4) is 0 Å². The fraction of sp³-hybridized carbons (Fsp3) is 0.414. The molecule has 3 aromatic rings. The molecule has 0 bridgehead atoms. The third-order valence-corrected chi connectivity index (χ3v) is 10.8. The van der Waals surface area contributed by atoms with Gasteiger partial charge in [0.15, 0.2) is 0 Å². The number of amides is 1. The van der Waals surface area contributed by atoms with E-state index in [1.165, 1.54) is 15.2 Å². The lowest BCUT2D eigenvalue weighted by Crippen LogP contribution is -2.45. The zero-order chi connectivity index (χ0) is 27.0. The van der Waals surface area contributed by atoms with Gasteiger partial charge in [-0.3, -0.25) is 9.69 Å². The maximum absolute atomic E-state index is 14.1. The summed E-state index contributed by atoms with van der Waals surface area (Å²) in [6.45, 7) is 8.07. The average molecular weight is 556 g/mol. The van der Waals surface area contributed by atoms with Gasteiger partial charge in [0.2, 0.25) is 15.9 Å². The maximum Gasteiger partial charge on any atom is 0.243 e. The molecule has 1 atom stereocenters. The van der Waals surface area contributed by atoms with Crippen molar-refractivity contribution < 1.29 is 17.6 Å². The molecule has 1 amide bonds. The number of aryl methyl sites for hydroxylation is 3. The molecule has 9 heteroatoms. The van der Waals surface area contributed by atoms with Gasteiger partial charge >= 0.3 is 0 Å². The molecule has 38 heavy (non-hydrogen) atoms. The van der Waals surface area contributed by atoms with E-state index >= 15 is 0 Å². The number of hydrogen-bond acceptors (Lipinski definition) is 5. The van der Waals surface area contributed by atoms with Crippen molar-refractivity contribution in [1.29, 1.82) is 0 Å². The molecule has 6 nitrogen and oxygen atoms in total. The van der Waals surface area contributed by atoms with Crippen molar-refractivity contribution in [3.63, 3.8) is 0 Å². The van der Waals surface area contributed by atoms with Gasteiger partial charge in [-0.05, 0) is 79.4 Å². The Morgan fingerprint density at radius 2 is 1.76 bits per heavy atom. The highest BCUT2D eigenvalue weighted by molar-refractivity contribution is 7.89. The maximum atomic E-state index is 14.1. The molecule has 3 heterocycles. The highest BCUT2D eigenvalue weighted by Gasteiger charge is 2.34. The van der Waals surface area contributed by atoms with Crippen LogP contribution in [0.25, 0.3) is 0 Å². The lowest BCUT2D eigenvalue weighted by molar-refractivity contribution is -0.132. The number of fused-ring (bicyclic) bond motifs is 1. The van der Waals surface area contributed by atoms with Crippen molar-refractivity contribution in [2.45, 2.75) is 44.6 Å². The molecule has 2 aliphatic heterocycles. The van der Waals surface area contributed by atoms with E-state index in [2.05, 4.69) is 16.3 Å². The first kappa shape index (κ1) is 27.0. The first-order valence-electron chi connectivity index (χ1n) is 13.1. The highest BCUT2D eigenvalue weighted by atomic mass is 32.2. The zero-order valence-electron chi connectivity index (χ0n) is 22.1. The van der Waals surface area contributed by atoms with E-state index < -0.39 is 10.0 Å². The van der Waals surface area contributed by atoms with E-state index in [0.717, 1.165) is 34.2 Å². The number of thiophene rings is 1. The predicted octanol–water partition coefficient (Wildman–Crippen LogP) is 4.68. The normalized spacial score (nSPS) is 19.3. The summed E-state index contributed by atoms with van der Waals surface area (Å²) >= 11 is 1.70. The van der Waals surface area contributed by atoms with Crippen LogP contribution in [0.3, 0.4) is 0 Å². The van der Waals surface area contributed by atoms with Crippen LogP contribution in [0.4, 0.5) is 4.39 Å². The summed E-state index contributed by atoms with van der Waals surface area (Å²) in [5.41, 5.74) is 4.52. The number of hydrogen-bond donors (Lipinski definition) is 0. The van der Waals surface area contributed by atoms with Gasteiger partial charge in [-0.25, -0.2) is 12.8 Å². The standard InChI is InChI=1S/C29H34FN3O3S2/c1-20-16-21(2)29(22(3)17-20)38(35,36)33-11-5-10-31(13-14-33)27(34)19-32-12-8-26-25(9-15-37-26)28(32)23-6-4-7-24(30)18-23/h4,6-7,9,15-18,28H,5,8,10-14,19H2,1-3H3/t28-/m1/s1. The van der Waals surface area contributed by atoms with Crippen LogP contribution in [0.2, 0.25) is 0 Å². The summed E-state index contributed by atoms with van der Waals surface area (Å²) in [5, 5.41) is 2.06. The monoisotopic (exact) mass is 555 g/mol. The Bertz CT molecular complexity index is 1430. The molecule has 1 fully saturated rings. The molecular weight excluding hydrogens is 521 g/mol. The third-order valence-electron chi connectivity index (χ3n) is 7.58. The average Bonchev–Trinajstić information content (AvgIpc) is 3.17. The van der Waals surface area contributed by atoms with Crippen LogP contribution in [0, 0.1) is 26.6 Å². The van der Waals surface area contributed by atoms with Crippen LogP contribution in [0.15, 0.2) is 52.7 Å². The lowest BCUT2D eigenvalue weighted by atomic mass is 9.93. The van der Waals surface area contributed by atoms with Crippen LogP contribution in [0.1, 0.15) is 45.2 Å². The van der Waals surface area contributed by atoms with Gasteiger partial charge < -0.3 is 4.90 Å². The Morgan fingerprint density at radius 3 is 2.50 bits per heavy atom. The fourth-order valence-corrected chi connectivity index (χ4v) is 8.75. The second-order valence-electron chi connectivity index (χ2n) is 10.3. The van der Waals surface area contributed by atoms with E-state index in [4.69, 9.17) is 0 Å². The van der Waals surface area contributed by atoms with Crippen molar-refractivity contribution in [1.82, 2.24) is 14.1 Å². The predicted molar refractivity (Wildman–Crippen MR) is 148 cm³/mol. The van der Waals surface area contributed by atoms with E-state index in [-0.39, 0.29) is 30.9 Å². The van der Waals surface area contributed by atoms with E-state index in [1.54, 1.807) is 28.4 Å². The van der Waals surface area contributed by atoms with Crippen LogP contribution in [-0.2, 0) is 21.2 Å². The van der Waals surface area contributed by atoms with Gasteiger partial charge in [0.05, 0.1) is 17.5 Å². The summed E-state index contributed by atoms with van der Waals surface area (Å²) in [7, 11) is -3.67. The quantitative estimate of drug-likeness (QED) is 0.459. The van der Waals surface area contributed by atoms with E-state index in [0.29, 0.717) is 37.5 Å². The highest BCUT2D eigenvalue weighted by Crippen LogP contribution is 2.38. The second kappa shape index (κ2) is 10.9. The molecule has 0 spiro atoms. The molecule has 0 unspecified atom stereocenters. The summed E-state index contributed by atoms with van der Waals surface area (Å²) in [6, 6.07) is 12.3. The molecule has 5 rings (SSSR count). The molecule has 1 saturated heterocycles. The summed E-state index contributed by atoms with van der Waals surface area (Å²) in [6.07, 6.45) is 1.43. The Labute approximate surface area is 228 Å². The molecule has 1 aromatic heterocycles. The number of benzene rings is 2. The van der Waals surface area contributed by atoms with E-state index in [1.807, 2.05) is 39.0 Å². The van der Waals surface area contributed by atoms with Crippen molar-refractivity contribution in [2.75, 3.05) is 39.3 Å². The number of sulfonamides is 1. The van der Waals surface area contributed by atoms with Gasteiger partial charge in [0.25, 0.3) is 0 Å². The minimum absolute atomic E-state index is 0.0213. The fourth-order valence-electron chi connectivity index (χ4n) is 5.97. The Kier molecular flexibility index (Phi) is 7.73. The molecule has 0 radical (unpaired) electrons.